The van der Waals surface area contributed by atoms with E-state index in [0.29, 0.717) is 5.56 Å². The van der Waals surface area contributed by atoms with Gasteiger partial charge in [-0.15, -0.1) is 5.10 Å². The number of nitrogens with zero attached hydrogens (tertiary/aromatic N) is 3. The number of aromatic nitrogens is 3. The first-order chi connectivity index (χ1) is 15.6. The molecule has 5 heteroatoms. The number of halogens is 1. The first-order valence-corrected chi connectivity index (χ1v) is 11.3. The molecule has 1 heterocycles. The lowest BCUT2D eigenvalue weighted by Crippen LogP contribution is -2.05. The van der Waals surface area contributed by atoms with E-state index in [-0.39, 0.29) is 11.3 Å². The maximum absolute atomic E-state index is 14.6. The summed E-state index contributed by atoms with van der Waals surface area (Å²) in [6.07, 6.45) is 6.27. The van der Waals surface area contributed by atoms with Crippen molar-refractivity contribution in [2.24, 2.45) is 0 Å². The number of ketones is 1. The lowest BCUT2D eigenvalue weighted by molar-refractivity contribution is 0.103. The molecule has 4 rings (SSSR count). The Kier molecular flexibility index (Phi) is 7.05. The molecule has 4 aromatic rings. The first-order valence-electron chi connectivity index (χ1n) is 11.3. The highest BCUT2D eigenvalue weighted by Gasteiger charge is 2.14. The van der Waals surface area contributed by atoms with Crippen LogP contribution in [0, 0.1) is 12.7 Å². The monoisotopic (exact) mass is 429 g/mol. The molecule has 0 saturated heterocycles. The van der Waals surface area contributed by atoms with Crippen molar-refractivity contribution in [2.75, 3.05) is 0 Å². The maximum Gasteiger partial charge on any atom is 0.195 e. The van der Waals surface area contributed by atoms with Gasteiger partial charge < -0.3 is 0 Å². The third-order valence-corrected chi connectivity index (χ3v) is 5.85. The van der Waals surface area contributed by atoms with Crippen molar-refractivity contribution in [3.05, 3.63) is 94.8 Å². The van der Waals surface area contributed by atoms with Crippen LogP contribution in [0.3, 0.4) is 0 Å². The second kappa shape index (κ2) is 10.3. The molecule has 0 fully saturated rings. The van der Waals surface area contributed by atoms with Crippen molar-refractivity contribution in [2.45, 2.75) is 52.0 Å². The largest absolute Gasteiger partial charge is 0.288 e. The Balaban J connectivity index is 1.19. The highest BCUT2D eigenvalue weighted by atomic mass is 19.1. The Morgan fingerprint density at radius 3 is 2.47 bits per heavy atom. The van der Waals surface area contributed by atoms with Gasteiger partial charge in [0.1, 0.15) is 11.3 Å². The molecule has 0 amide bonds. The Labute approximate surface area is 188 Å². The van der Waals surface area contributed by atoms with Gasteiger partial charge in [0.2, 0.25) is 0 Å². The summed E-state index contributed by atoms with van der Waals surface area (Å²) in [5, 5.41) is 8.41. The van der Waals surface area contributed by atoms with E-state index in [2.05, 4.69) is 10.3 Å². The topological polar surface area (TPSA) is 47.8 Å². The highest BCUT2D eigenvalue weighted by Crippen LogP contribution is 2.18. The van der Waals surface area contributed by atoms with Crippen LogP contribution in [0.15, 0.2) is 66.7 Å². The van der Waals surface area contributed by atoms with Crippen molar-refractivity contribution in [1.29, 1.82) is 0 Å². The van der Waals surface area contributed by atoms with E-state index in [1.807, 2.05) is 54.1 Å². The highest BCUT2D eigenvalue weighted by molar-refractivity contribution is 6.09. The Bertz CT molecular complexity index is 1200. The summed E-state index contributed by atoms with van der Waals surface area (Å²) in [5.74, 6) is -0.706. The number of rotatable bonds is 10. The zero-order valence-corrected chi connectivity index (χ0v) is 18.4. The third kappa shape index (κ3) is 5.28. The molecule has 0 aliphatic carbocycles. The van der Waals surface area contributed by atoms with Crippen LogP contribution in [0.4, 0.5) is 4.39 Å². The first kappa shape index (κ1) is 21.9. The Morgan fingerprint density at radius 1 is 0.906 bits per heavy atom. The number of hydrogen-bond donors (Lipinski definition) is 0. The zero-order chi connectivity index (χ0) is 22.3. The van der Waals surface area contributed by atoms with Gasteiger partial charge in [-0.1, -0.05) is 72.5 Å². The summed E-state index contributed by atoms with van der Waals surface area (Å²) in [4.78, 5) is 12.6. The van der Waals surface area contributed by atoms with E-state index in [9.17, 15) is 9.18 Å². The smallest absolute Gasteiger partial charge is 0.195 e. The van der Waals surface area contributed by atoms with Crippen LogP contribution in [-0.4, -0.2) is 20.8 Å². The summed E-state index contributed by atoms with van der Waals surface area (Å²) in [6.45, 7) is 2.84. The minimum atomic E-state index is -0.437. The van der Waals surface area contributed by atoms with Crippen LogP contribution in [0.2, 0.25) is 0 Å². The van der Waals surface area contributed by atoms with Crippen LogP contribution in [0.1, 0.15) is 59.2 Å². The second-order valence-corrected chi connectivity index (χ2v) is 8.33. The Morgan fingerprint density at radius 2 is 1.66 bits per heavy atom. The fourth-order valence-electron chi connectivity index (χ4n) is 3.96. The fourth-order valence-corrected chi connectivity index (χ4v) is 3.96. The minimum absolute atomic E-state index is 0.137. The molecule has 0 atom stereocenters. The molecule has 0 N–H and O–H groups in total. The average Bonchev–Trinajstić information content (AvgIpc) is 3.22. The minimum Gasteiger partial charge on any atom is -0.288 e. The normalized spacial score (nSPS) is 11.2. The zero-order valence-electron chi connectivity index (χ0n) is 18.4. The molecule has 164 valence electrons. The predicted octanol–water partition coefficient (Wildman–Crippen LogP) is 6.30. The molecule has 1 aromatic heterocycles. The molecule has 0 saturated carbocycles. The second-order valence-electron chi connectivity index (χ2n) is 8.33. The van der Waals surface area contributed by atoms with Crippen molar-refractivity contribution >= 4 is 16.8 Å². The molecule has 0 spiro atoms. The van der Waals surface area contributed by atoms with E-state index in [1.54, 1.807) is 18.2 Å². The van der Waals surface area contributed by atoms with E-state index in [0.717, 1.165) is 67.2 Å². The van der Waals surface area contributed by atoms with Gasteiger partial charge in [-0.2, -0.15) is 0 Å². The predicted molar refractivity (Wildman–Crippen MR) is 125 cm³/mol. The van der Waals surface area contributed by atoms with Crippen LogP contribution in [-0.2, 0) is 13.0 Å². The van der Waals surface area contributed by atoms with Crippen molar-refractivity contribution in [3.8, 4) is 0 Å². The molecule has 0 unspecified atom stereocenters. The number of carbonyl (C=O) groups excluding carboxylic acids is 1. The number of carbonyl (C=O) groups is 1. The summed E-state index contributed by atoms with van der Waals surface area (Å²) in [5.41, 5.74) is 4.69. The molecule has 4 nitrogen and oxygen atoms in total. The molecular formula is C27H28FN3O. The van der Waals surface area contributed by atoms with Crippen LogP contribution < -0.4 is 0 Å². The standard InChI is InChI=1S/C27H28FN3O/c1-20-12-15-22(16-13-20)27(32)23-17-14-21(19-24(23)28)9-5-3-2-4-8-18-31-26-11-7-6-10-25(26)29-30-31/h6-7,10-17,19H,2-5,8-9,18H2,1H3. The summed E-state index contributed by atoms with van der Waals surface area (Å²) >= 11 is 0. The van der Waals surface area contributed by atoms with Crippen molar-refractivity contribution in [3.63, 3.8) is 0 Å². The van der Waals surface area contributed by atoms with E-state index >= 15 is 0 Å². The lowest BCUT2D eigenvalue weighted by atomic mass is 9.98. The van der Waals surface area contributed by atoms with Gasteiger partial charge in [-0.25, -0.2) is 9.07 Å². The fraction of sp³-hybridized carbons (Fsp3) is 0.296. The maximum atomic E-state index is 14.6. The van der Waals surface area contributed by atoms with Crippen LogP contribution in [0.25, 0.3) is 11.0 Å². The van der Waals surface area contributed by atoms with Gasteiger partial charge in [0.15, 0.2) is 5.78 Å². The van der Waals surface area contributed by atoms with Gasteiger partial charge in [-0.05, 0) is 56.0 Å². The van der Waals surface area contributed by atoms with Gasteiger partial charge >= 0.3 is 0 Å². The summed E-state index contributed by atoms with van der Waals surface area (Å²) in [6, 6.07) is 20.3. The molecule has 32 heavy (non-hydrogen) atoms. The number of hydrogen-bond acceptors (Lipinski definition) is 3. The number of fused-ring (bicyclic) bond motifs is 1. The van der Waals surface area contributed by atoms with Crippen molar-refractivity contribution in [1.82, 2.24) is 15.0 Å². The van der Waals surface area contributed by atoms with Crippen molar-refractivity contribution < 1.29 is 9.18 Å². The van der Waals surface area contributed by atoms with Gasteiger partial charge in [0.05, 0.1) is 11.1 Å². The summed E-state index contributed by atoms with van der Waals surface area (Å²) < 4.78 is 16.5. The summed E-state index contributed by atoms with van der Waals surface area (Å²) in [7, 11) is 0. The number of aryl methyl sites for hydroxylation is 3. The number of benzene rings is 3. The third-order valence-electron chi connectivity index (χ3n) is 5.85. The van der Waals surface area contributed by atoms with Gasteiger partial charge in [-0.3, -0.25) is 4.79 Å². The number of para-hydroxylation sites is 1. The quantitative estimate of drug-likeness (QED) is 0.219. The Hall–Kier alpha value is -3.34. The molecule has 0 aliphatic rings. The molecule has 3 aromatic carbocycles. The average molecular weight is 430 g/mol. The molecular weight excluding hydrogens is 401 g/mol. The molecule has 0 radical (unpaired) electrons. The van der Waals surface area contributed by atoms with Gasteiger partial charge in [0.25, 0.3) is 0 Å². The van der Waals surface area contributed by atoms with Gasteiger partial charge in [0, 0.05) is 12.1 Å². The van der Waals surface area contributed by atoms with E-state index in [1.165, 1.54) is 6.07 Å². The SMILES string of the molecule is Cc1ccc(C(=O)c2ccc(CCCCCCCn3nnc4ccccc43)cc2F)cc1. The molecule has 0 aliphatic heterocycles. The lowest BCUT2D eigenvalue weighted by Gasteiger charge is -2.07. The van der Waals surface area contributed by atoms with Crippen LogP contribution in [0.5, 0.6) is 0 Å². The van der Waals surface area contributed by atoms with Crippen LogP contribution >= 0.6 is 0 Å². The molecule has 0 bridgehead atoms. The van der Waals surface area contributed by atoms with E-state index < -0.39 is 5.82 Å². The van der Waals surface area contributed by atoms with E-state index in [4.69, 9.17) is 0 Å². The number of unbranched alkanes of at least 4 members (excludes halogenated alkanes) is 4.